The van der Waals surface area contributed by atoms with E-state index in [1.54, 1.807) is 23.7 Å². The number of pyridine rings is 1. The highest BCUT2D eigenvalue weighted by molar-refractivity contribution is 7.13. The topological polar surface area (TPSA) is 64.1 Å². The molecule has 0 radical (unpaired) electrons. The van der Waals surface area contributed by atoms with E-state index in [0.29, 0.717) is 13.0 Å². The van der Waals surface area contributed by atoms with E-state index in [0.717, 1.165) is 38.8 Å². The number of carbonyl (C=O) groups is 1. The summed E-state index contributed by atoms with van der Waals surface area (Å²) in [5.41, 5.74) is 4.52. The number of rotatable bonds is 7. The molecule has 30 heavy (non-hydrogen) atoms. The van der Waals surface area contributed by atoms with Gasteiger partial charge in [-0.3, -0.25) is 9.78 Å². The molecule has 0 aliphatic carbocycles. The minimum Gasteiger partial charge on any atom is -0.494 e. The van der Waals surface area contributed by atoms with Crippen LogP contribution in [0.4, 0.5) is 5.69 Å². The van der Waals surface area contributed by atoms with Crippen molar-refractivity contribution in [2.75, 3.05) is 11.9 Å². The van der Waals surface area contributed by atoms with E-state index in [1.807, 2.05) is 73.0 Å². The van der Waals surface area contributed by atoms with Crippen molar-refractivity contribution in [2.24, 2.45) is 0 Å². The second-order valence-corrected chi connectivity index (χ2v) is 7.52. The average molecular weight is 416 g/mol. The highest BCUT2D eigenvalue weighted by Crippen LogP contribution is 2.29. The quantitative estimate of drug-likeness (QED) is 0.436. The lowest BCUT2D eigenvalue weighted by Crippen LogP contribution is -2.14. The number of carbonyl (C=O) groups excluding carboxylic acids is 1. The fraction of sp³-hybridized carbons (Fsp3) is 0.125. The normalized spacial score (nSPS) is 10.6. The monoisotopic (exact) mass is 415 g/mol. The number of nitrogens with zero attached hydrogens (tertiary/aromatic N) is 2. The van der Waals surface area contributed by atoms with Crippen molar-refractivity contribution in [2.45, 2.75) is 13.3 Å². The molecule has 0 aliphatic heterocycles. The zero-order chi connectivity index (χ0) is 20.8. The van der Waals surface area contributed by atoms with Crippen molar-refractivity contribution in [1.82, 2.24) is 9.97 Å². The van der Waals surface area contributed by atoms with Crippen molar-refractivity contribution in [3.05, 3.63) is 84.0 Å². The molecule has 2 aromatic heterocycles. The molecule has 4 aromatic rings. The van der Waals surface area contributed by atoms with Crippen LogP contribution in [-0.4, -0.2) is 22.5 Å². The van der Waals surface area contributed by atoms with Crippen LogP contribution in [0.15, 0.2) is 78.4 Å². The summed E-state index contributed by atoms with van der Waals surface area (Å²) in [5.74, 6) is 0.744. The predicted octanol–water partition coefficient (Wildman–Crippen LogP) is 5.45. The van der Waals surface area contributed by atoms with Crippen molar-refractivity contribution < 1.29 is 9.53 Å². The zero-order valence-electron chi connectivity index (χ0n) is 16.5. The first-order chi connectivity index (χ1) is 14.7. The van der Waals surface area contributed by atoms with E-state index in [-0.39, 0.29) is 5.91 Å². The largest absolute Gasteiger partial charge is 0.494 e. The standard InChI is InChI=1S/C24H21N3O2S/c1-2-29-21-10-8-17(9-11-21)13-23(28)26-20-7-3-5-18(14-20)22-16-30-24(27-22)19-6-4-12-25-15-19/h3-12,14-16H,2,13H2,1H3,(H,26,28). The van der Waals surface area contributed by atoms with Crippen LogP contribution in [0.3, 0.4) is 0 Å². The van der Waals surface area contributed by atoms with E-state index >= 15 is 0 Å². The van der Waals surface area contributed by atoms with Crippen molar-refractivity contribution in [1.29, 1.82) is 0 Å². The number of benzene rings is 2. The van der Waals surface area contributed by atoms with E-state index in [1.165, 1.54) is 0 Å². The number of hydrogen-bond acceptors (Lipinski definition) is 5. The summed E-state index contributed by atoms with van der Waals surface area (Å²) in [6.07, 6.45) is 3.86. The summed E-state index contributed by atoms with van der Waals surface area (Å²) in [5, 5.41) is 5.91. The van der Waals surface area contributed by atoms with Crippen LogP contribution in [-0.2, 0) is 11.2 Å². The fourth-order valence-electron chi connectivity index (χ4n) is 3.05. The Morgan fingerprint density at radius 3 is 2.67 bits per heavy atom. The highest BCUT2D eigenvalue weighted by atomic mass is 32.1. The molecule has 5 nitrogen and oxygen atoms in total. The van der Waals surface area contributed by atoms with Gasteiger partial charge in [0.05, 0.1) is 18.7 Å². The van der Waals surface area contributed by atoms with Crippen molar-refractivity contribution >= 4 is 22.9 Å². The maximum absolute atomic E-state index is 12.5. The molecule has 0 fully saturated rings. The van der Waals surface area contributed by atoms with Crippen LogP contribution in [0.2, 0.25) is 0 Å². The van der Waals surface area contributed by atoms with Gasteiger partial charge in [0.25, 0.3) is 0 Å². The first kappa shape index (κ1) is 19.8. The molecule has 0 bridgehead atoms. The third-order valence-electron chi connectivity index (χ3n) is 4.45. The molecule has 0 spiro atoms. The Morgan fingerprint density at radius 1 is 1.07 bits per heavy atom. The van der Waals surface area contributed by atoms with Crippen molar-refractivity contribution in [3.63, 3.8) is 0 Å². The van der Waals surface area contributed by atoms with Gasteiger partial charge in [0.2, 0.25) is 5.91 Å². The zero-order valence-corrected chi connectivity index (χ0v) is 17.4. The Morgan fingerprint density at radius 2 is 1.90 bits per heavy atom. The van der Waals surface area contributed by atoms with Gasteiger partial charge in [-0.1, -0.05) is 24.3 Å². The van der Waals surface area contributed by atoms with Crippen LogP contribution in [0.25, 0.3) is 21.8 Å². The first-order valence-electron chi connectivity index (χ1n) is 9.69. The molecule has 0 saturated carbocycles. The number of nitrogens with one attached hydrogen (secondary N) is 1. The third-order valence-corrected chi connectivity index (χ3v) is 5.35. The number of hydrogen-bond donors (Lipinski definition) is 1. The number of ether oxygens (including phenoxy) is 1. The van der Waals surface area contributed by atoms with Gasteiger partial charge in [-0.05, 0) is 48.9 Å². The summed E-state index contributed by atoms with van der Waals surface area (Å²) in [6.45, 7) is 2.57. The lowest BCUT2D eigenvalue weighted by molar-refractivity contribution is -0.115. The van der Waals surface area contributed by atoms with Gasteiger partial charge in [0.15, 0.2) is 0 Å². The molecule has 1 N–H and O–H groups in total. The third kappa shape index (κ3) is 4.90. The summed E-state index contributed by atoms with van der Waals surface area (Å²) in [4.78, 5) is 21.3. The minimum atomic E-state index is -0.0642. The molecule has 2 heterocycles. The Kier molecular flexibility index (Phi) is 6.15. The van der Waals surface area contributed by atoms with Gasteiger partial charge >= 0.3 is 0 Å². The second kappa shape index (κ2) is 9.33. The van der Waals surface area contributed by atoms with Crippen LogP contribution in [0, 0.1) is 0 Å². The van der Waals surface area contributed by atoms with E-state index in [2.05, 4.69) is 10.3 Å². The Balaban J connectivity index is 1.43. The highest BCUT2D eigenvalue weighted by Gasteiger charge is 2.09. The SMILES string of the molecule is CCOc1ccc(CC(=O)Nc2cccc(-c3csc(-c4cccnc4)n3)c2)cc1. The van der Waals surface area contributed by atoms with Crippen LogP contribution >= 0.6 is 11.3 Å². The second-order valence-electron chi connectivity index (χ2n) is 6.66. The number of anilines is 1. The molecule has 0 saturated heterocycles. The molecule has 4 rings (SSSR count). The van der Waals surface area contributed by atoms with E-state index in [9.17, 15) is 4.79 Å². The lowest BCUT2D eigenvalue weighted by Gasteiger charge is -2.08. The van der Waals surface area contributed by atoms with Crippen molar-refractivity contribution in [3.8, 4) is 27.6 Å². The smallest absolute Gasteiger partial charge is 0.228 e. The van der Waals surface area contributed by atoms with Gasteiger partial charge in [-0.2, -0.15) is 0 Å². The molecule has 1 amide bonds. The van der Waals surface area contributed by atoms with Gasteiger partial charge in [-0.25, -0.2) is 4.98 Å². The summed E-state index contributed by atoms with van der Waals surface area (Å²) >= 11 is 1.57. The van der Waals surface area contributed by atoms with E-state index < -0.39 is 0 Å². The molecule has 2 aromatic carbocycles. The molecule has 0 atom stereocenters. The fourth-order valence-corrected chi connectivity index (χ4v) is 3.87. The molecule has 6 heteroatoms. The summed E-state index contributed by atoms with van der Waals surface area (Å²) in [6, 6.07) is 19.2. The maximum atomic E-state index is 12.5. The maximum Gasteiger partial charge on any atom is 0.228 e. The average Bonchev–Trinajstić information content (AvgIpc) is 3.27. The number of amides is 1. The summed E-state index contributed by atoms with van der Waals surface area (Å²) in [7, 11) is 0. The van der Waals surface area contributed by atoms with Crippen LogP contribution in [0.5, 0.6) is 5.75 Å². The van der Waals surface area contributed by atoms with Crippen LogP contribution in [0.1, 0.15) is 12.5 Å². The molecular formula is C24H21N3O2S. The van der Waals surface area contributed by atoms with Crippen LogP contribution < -0.4 is 10.1 Å². The Labute approximate surface area is 179 Å². The lowest BCUT2D eigenvalue weighted by atomic mass is 10.1. The van der Waals surface area contributed by atoms with E-state index in [4.69, 9.17) is 9.72 Å². The Hall–Kier alpha value is -3.51. The molecule has 150 valence electrons. The predicted molar refractivity (Wildman–Crippen MR) is 121 cm³/mol. The molecule has 0 aliphatic rings. The van der Waals surface area contributed by atoms with Gasteiger partial charge in [-0.15, -0.1) is 11.3 Å². The minimum absolute atomic E-state index is 0.0642. The number of thiazole rings is 1. The van der Waals surface area contributed by atoms with Gasteiger partial charge in [0, 0.05) is 34.6 Å². The van der Waals surface area contributed by atoms with Gasteiger partial charge in [0.1, 0.15) is 10.8 Å². The molecule has 0 unspecified atom stereocenters. The Bertz CT molecular complexity index is 1120. The first-order valence-corrected chi connectivity index (χ1v) is 10.6. The molecular weight excluding hydrogens is 394 g/mol. The van der Waals surface area contributed by atoms with Gasteiger partial charge < -0.3 is 10.1 Å². The number of aromatic nitrogens is 2. The summed E-state index contributed by atoms with van der Waals surface area (Å²) < 4.78 is 5.44.